The van der Waals surface area contributed by atoms with Gasteiger partial charge in [0, 0.05) is 37.2 Å². The van der Waals surface area contributed by atoms with Gasteiger partial charge in [0.15, 0.2) is 9.84 Å². The highest BCUT2D eigenvalue weighted by molar-refractivity contribution is 7.90. The highest BCUT2D eigenvalue weighted by Gasteiger charge is 2.25. The Morgan fingerprint density at radius 2 is 2.08 bits per heavy atom. The molecule has 0 spiro atoms. The number of aromatic nitrogens is 3. The van der Waals surface area contributed by atoms with E-state index in [9.17, 15) is 8.42 Å². The second kappa shape index (κ2) is 7.67. The van der Waals surface area contributed by atoms with Crippen molar-refractivity contribution in [3.8, 4) is 0 Å². The predicted octanol–water partition coefficient (Wildman–Crippen LogP) is 1.97. The van der Waals surface area contributed by atoms with Crippen molar-refractivity contribution in [2.75, 3.05) is 24.7 Å². The Morgan fingerprint density at radius 3 is 2.73 bits per heavy atom. The summed E-state index contributed by atoms with van der Waals surface area (Å²) in [6.07, 6.45) is 6.41. The third-order valence-corrected chi connectivity index (χ3v) is 5.77. The van der Waals surface area contributed by atoms with Crippen LogP contribution in [0.1, 0.15) is 41.3 Å². The first-order valence-electron chi connectivity index (χ1n) is 8.78. The maximum atomic E-state index is 12.1. The van der Waals surface area contributed by atoms with Crippen LogP contribution in [0.3, 0.4) is 0 Å². The molecule has 2 N–H and O–H groups in total. The molecule has 8 heteroatoms. The molecule has 3 rings (SSSR count). The van der Waals surface area contributed by atoms with Gasteiger partial charge in [0.05, 0.1) is 11.9 Å². The highest BCUT2D eigenvalue weighted by atomic mass is 32.2. The minimum Gasteiger partial charge on any atom is -0.350 e. The molecular weight excluding hydrogens is 350 g/mol. The summed E-state index contributed by atoms with van der Waals surface area (Å²) in [5, 5.41) is 6.52. The van der Waals surface area contributed by atoms with E-state index in [0.29, 0.717) is 18.2 Å². The summed E-state index contributed by atoms with van der Waals surface area (Å²) in [6.45, 7) is 6.24. The van der Waals surface area contributed by atoms with Gasteiger partial charge < -0.3 is 10.6 Å². The SMILES string of the molecule is Cc1cc(C)c(CNc2ncc(S(C)(=O)=O)c([C@H]3CCCNC3)n2)cn1. The number of sulfone groups is 1. The van der Waals surface area contributed by atoms with Crippen LogP contribution in [-0.4, -0.2) is 42.7 Å². The van der Waals surface area contributed by atoms with Crippen LogP contribution in [0.15, 0.2) is 23.4 Å². The highest BCUT2D eigenvalue weighted by Crippen LogP contribution is 2.28. The van der Waals surface area contributed by atoms with E-state index in [0.717, 1.165) is 42.8 Å². The molecular formula is C18H25N5O2S. The lowest BCUT2D eigenvalue weighted by Crippen LogP contribution is -2.30. The number of pyridine rings is 1. The largest absolute Gasteiger partial charge is 0.350 e. The van der Waals surface area contributed by atoms with Crippen LogP contribution < -0.4 is 10.6 Å². The summed E-state index contributed by atoms with van der Waals surface area (Å²) in [4.78, 5) is 13.3. The first-order chi connectivity index (χ1) is 12.3. The van der Waals surface area contributed by atoms with Crippen LogP contribution >= 0.6 is 0 Å². The number of nitrogens with zero attached hydrogens (tertiary/aromatic N) is 3. The Hall–Kier alpha value is -2.06. The van der Waals surface area contributed by atoms with Gasteiger partial charge >= 0.3 is 0 Å². The van der Waals surface area contributed by atoms with Crippen LogP contribution in [0, 0.1) is 13.8 Å². The first-order valence-corrected chi connectivity index (χ1v) is 10.7. The number of anilines is 1. The van der Waals surface area contributed by atoms with Crippen molar-refractivity contribution < 1.29 is 8.42 Å². The normalized spacial score (nSPS) is 17.9. The molecule has 2 aromatic rings. The number of nitrogens with one attached hydrogen (secondary N) is 2. The van der Waals surface area contributed by atoms with Gasteiger partial charge in [-0.3, -0.25) is 4.98 Å². The van der Waals surface area contributed by atoms with Gasteiger partial charge in [-0.15, -0.1) is 0 Å². The molecule has 0 unspecified atom stereocenters. The maximum Gasteiger partial charge on any atom is 0.223 e. The summed E-state index contributed by atoms with van der Waals surface area (Å²) < 4.78 is 24.3. The maximum absolute atomic E-state index is 12.1. The van der Waals surface area contributed by atoms with E-state index in [1.807, 2.05) is 26.1 Å². The summed E-state index contributed by atoms with van der Waals surface area (Å²) in [7, 11) is -3.37. The zero-order chi connectivity index (χ0) is 18.7. The number of rotatable bonds is 5. The Kier molecular flexibility index (Phi) is 5.52. The molecule has 0 saturated carbocycles. The molecule has 140 valence electrons. The van der Waals surface area contributed by atoms with Crippen molar-refractivity contribution in [3.05, 3.63) is 41.0 Å². The fourth-order valence-electron chi connectivity index (χ4n) is 3.22. The summed E-state index contributed by atoms with van der Waals surface area (Å²) in [5.74, 6) is 0.526. The van der Waals surface area contributed by atoms with Crippen LogP contribution in [0.5, 0.6) is 0 Å². The van der Waals surface area contributed by atoms with Gasteiger partial charge in [-0.2, -0.15) is 0 Å². The fraction of sp³-hybridized carbons (Fsp3) is 0.500. The van der Waals surface area contributed by atoms with Crippen LogP contribution in [-0.2, 0) is 16.4 Å². The van der Waals surface area contributed by atoms with Gasteiger partial charge in [0.1, 0.15) is 4.90 Å². The third kappa shape index (κ3) is 4.37. The minimum absolute atomic E-state index is 0.0832. The molecule has 0 aliphatic carbocycles. The van der Waals surface area contributed by atoms with Crippen molar-refractivity contribution in [2.24, 2.45) is 0 Å². The lowest BCUT2D eigenvalue weighted by molar-refractivity contribution is 0.448. The molecule has 3 heterocycles. The van der Waals surface area contributed by atoms with Crippen LogP contribution in [0.4, 0.5) is 5.95 Å². The lowest BCUT2D eigenvalue weighted by Gasteiger charge is -2.24. The fourth-order valence-corrected chi connectivity index (χ4v) is 4.05. The van der Waals surface area contributed by atoms with Crippen molar-refractivity contribution in [1.82, 2.24) is 20.3 Å². The monoisotopic (exact) mass is 375 g/mol. The van der Waals surface area contributed by atoms with Crippen LogP contribution in [0.2, 0.25) is 0 Å². The number of hydrogen-bond donors (Lipinski definition) is 2. The van der Waals surface area contributed by atoms with E-state index >= 15 is 0 Å². The van der Waals surface area contributed by atoms with Crippen molar-refractivity contribution in [1.29, 1.82) is 0 Å². The van der Waals surface area contributed by atoms with E-state index in [1.165, 1.54) is 12.5 Å². The Bertz CT molecular complexity index is 892. The molecule has 1 saturated heterocycles. The van der Waals surface area contributed by atoms with Crippen LogP contribution in [0.25, 0.3) is 0 Å². The third-order valence-electron chi connectivity index (χ3n) is 4.66. The second-order valence-corrected chi connectivity index (χ2v) is 8.85. The van der Waals surface area contributed by atoms with E-state index in [1.54, 1.807) is 0 Å². The number of piperidine rings is 1. The van der Waals surface area contributed by atoms with E-state index in [2.05, 4.69) is 25.6 Å². The van der Waals surface area contributed by atoms with Gasteiger partial charge in [-0.05, 0) is 50.4 Å². The van der Waals surface area contributed by atoms with Gasteiger partial charge in [0.25, 0.3) is 0 Å². The van der Waals surface area contributed by atoms with Gasteiger partial charge in [0.2, 0.25) is 5.95 Å². The second-order valence-electron chi connectivity index (χ2n) is 6.86. The summed E-state index contributed by atoms with van der Waals surface area (Å²) in [5.41, 5.74) is 3.80. The van der Waals surface area contributed by atoms with Crippen molar-refractivity contribution in [3.63, 3.8) is 0 Å². The Balaban J connectivity index is 1.86. The molecule has 0 radical (unpaired) electrons. The average molecular weight is 375 g/mol. The smallest absolute Gasteiger partial charge is 0.223 e. The summed E-state index contributed by atoms with van der Waals surface area (Å²) >= 11 is 0. The van der Waals surface area contributed by atoms with E-state index in [4.69, 9.17) is 0 Å². The van der Waals surface area contributed by atoms with Crippen molar-refractivity contribution in [2.45, 2.75) is 44.0 Å². The molecule has 0 amide bonds. The van der Waals surface area contributed by atoms with Crippen molar-refractivity contribution >= 4 is 15.8 Å². The van der Waals surface area contributed by atoms with E-state index in [-0.39, 0.29) is 10.8 Å². The lowest BCUT2D eigenvalue weighted by atomic mass is 9.96. The van der Waals surface area contributed by atoms with Gasteiger partial charge in [-0.1, -0.05) is 0 Å². The minimum atomic E-state index is -3.37. The zero-order valence-electron chi connectivity index (χ0n) is 15.4. The topological polar surface area (TPSA) is 96.9 Å². The predicted molar refractivity (Wildman–Crippen MR) is 101 cm³/mol. The van der Waals surface area contributed by atoms with E-state index < -0.39 is 9.84 Å². The molecule has 0 bridgehead atoms. The molecule has 1 fully saturated rings. The summed E-state index contributed by atoms with van der Waals surface area (Å²) in [6, 6.07) is 2.03. The quantitative estimate of drug-likeness (QED) is 0.824. The first kappa shape index (κ1) is 18.7. The molecule has 1 aliphatic rings. The molecule has 7 nitrogen and oxygen atoms in total. The van der Waals surface area contributed by atoms with Gasteiger partial charge in [-0.25, -0.2) is 18.4 Å². The Labute approximate surface area is 154 Å². The standard InChI is InChI=1S/C18H25N5O2S/c1-12-7-13(2)20-9-15(12)10-21-18-22-11-16(26(3,24)25)17(23-18)14-5-4-6-19-8-14/h7,9,11,14,19H,4-6,8,10H2,1-3H3,(H,21,22,23)/t14-/m0/s1. The molecule has 1 aliphatic heterocycles. The molecule has 26 heavy (non-hydrogen) atoms. The molecule has 2 aromatic heterocycles. The number of hydrogen-bond acceptors (Lipinski definition) is 7. The average Bonchev–Trinajstić information content (AvgIpc) is 2.61. The Morgan fingerprint density at radius 1 is 1.27 bits per heavy atom. The zero-order valence-corrected chi connectivity index (χ0v) is 16.2. The molecule has 1 atom stereocenters. The molecule has 0 aromatic carbocycles. The number of aryl methyl sites for hydroxylation is 2.